The van der Waals surface area contributed by atoms with Gasteiger partial charge in [0.05, 0.1) is 17.1 Å². The van der Waals surface area contributed by atoms with Gasteiger partial charge in [-0.05, 0) is 45.2 Å². The summed E-state index contributed by atoms with van der Waals surface area (Å²) in [6.07, 6.45) is 6.98. The molecule has 1 unspecified atom stereocenters. The van der Waals surface area contributed by atoms with Crippen molar-refractivity contribution in [2.24, 2.45) is 0 Å². The monoisotopic (exact) mass is 448 g/mol. The highest BCUT2D eigenvalue weighted by Crippen LogP contribution is 2.28. The summed E-state index contributed by atoms with van der Waals surface area (Å²) in [5.74, 6) is -0.298. The molecule has 1 aliphatic carbocycles. The third-order valence-electron chi connectivity index (χ3n) is 6.26. The molecule has 10 heteroatoms. The van der Waals surface area contributed by atoms with Crippen LogP contribution < -0.4 is 15.5 Å². The van der Waals surface area contributed by atoms with Crippen LogP contribution in [0, 0.1) is 19.7 Å². The van der Waals surface area contributed by atoms with Crippen LogP contribution in [0.2, 0.25) is 0 Å². The molecular weight excluding hydrogens is 423 g/mol. The largest absolute Gasteiger partial charge is 0.367 e. The van der Waals surface area contributed by atoms with Gasteiger partial charge in [0.2, 0.25) is 0 Å². The summed E-state index contributed by atoms with van der Waals surface area (Å²) in [5, 5.41) is 11.0. The van der Waals surface area contributed by atoms with Crippen molar-refractivity contribution in [1.82, 2.24) is 29.3 Å². The highest BCUT2D eigenvalue weighted by molar-refractivity contribution is 6.03. The van der Waals surface area contributed by atoms with E-state index in [1.54, 1.807) is 34.3 Å². The normalized spacial score (nSPS) is 18.5. The lowest BCUT2D eigenvalue weighted by molar-refractivity contribution is 0.102. The van der Waals surface area contributed by atoms with Crippen LogP contribution in [0.15, 0.2) is 30.6 Å². The Labute approximate surface area is 189 Å². The summed E-state index contributed by atoms with van der Waals surface area (Å²) < 4.78 is 17.6. The van der Waals surface area contributed by atoms with Crippen molar-refractivity contribution in [3.63, 3.8) is 0 Å². The molecule has 1 saturated heterocycles. The summed E-state index contributed by atoms with van der Waals surface area (Å²) in [7, 11) is 0. The molecule has 5 heterocycles. The summed E-state index contributed by atoms with van der Waals surface area (Å²) in [6.45, 7) is 5.44. The molecule has 1 atom stereocenters. The molecule has 2 aliphatic rings. The van der Waals surface area contributed by atoms with Crippen LogP contribution in [-0.2, 0) is 0 Å². The number of halogens is 1. The number of amides is 1. The van der Waals surface area contributed by atoms with E-state index in [0.717, 1.165) is 25.2 Å². The average molecular weight is 449 g/mol. The third-order valence-corrected chi connectivity index (χ3v) is 6.26. The number of hydrogen-bond acceptors (Lipinski definition) is 6. The summed E-state index contributed by atoms with van der Waals surface area (Å²) in [6, 6.07) is 6.10. The second-order valence-corrected chi connectivity index (χ2v) is 9.01. The molecule has 4 aromatic rings. The number of rotatable bonds is 5. The SMILES string of the molecule is Cc1cn2cc(NC(=O)c3ccc(N4CCC(NC5CC5)C4)c4nc(C)nn34)cc(F)c2n1. The molecule has 33 heavy (non-hydrogen) atoms. The lowest BCUT2D eigenvalue weighted by Gasteiger charge is -2.20. The highest BCUT2D eigenvalue weighted by atomic mass is 19.1. The lowest BCUT2D eigenvalue weighted by atomic mass is 10.2. The van der Waals surface area contributed by atoms with Crippen molar-refractivity contribution in [3.8, 4) is 0 Å². The molecule has 0 bridgehead atoms. The first-order valence-electron chi connectivity index (χ1n) is 11.3. The first kappa shape index (κ1) is 20.1. The number of pyridine rings is 2. The fourth-order valence-electron chi connectivity index (χ4n) is 4.61. The maximum Gasteiger partial charge on any atom is 0.274 e. The Kier molecular flexibility index (Phi) is 4.58. The number of hydrogen-bond donors (Lipinski definition) is 2. The molecule has 0 aromatic carbocycles. The van der Waals surface area contributed by atoms with E-state index in [-0.39, 0.29) is 11.6 Å². The van der Waals surface area contributed by atoms with Gasteiger partial charge >= 0.3 is 0 Å². The minimum atomic E-state index is -0.499. The maximum atomic E-state index is 14.4. The van der Waals surface area contributed by atoms with Gasteiger partial charge in [-0.2, -0.15) is 5.10 Å². The van der Waals surface area contributed by atoms with Gasteiger partial charge in [-0.25, -0.2) is 18.9 Å². The Morgan fingerprint density at radius 3 is 2.76 bits per heavy atom. The number of anilines is 2. The molecule has 0 spiro atoms. The number of aryl methyl sites for hydroxylation is 2. The van der Waals surface area contributed by atoms with Crippen LogP contribution in [0.4, 0.5) is 15.8 Å². The van der Waals surface area contributed by atoms with E-state index < -0.39 is 5.82 Å². The van der Waals surface area contributed by atoms with E-state index in [1.165, 1.54) is 18.9 Å². The van der Waals surface area contributed by atoms with Crippen molar-refractivity contribution >= 4 is 28.6 Å². The maximum absolute atomic E-state index is 14.4. The molecule has 0 radical (unpaired) electrons. The summed E-state index contributed by atoms with van der Waals surface area (Å²) in [5.41, 5.74) is 3.22. The second-order valence-electron chi connectivity index (χ2n) is 9.01. The van der Waals surface area contributed by atoms with Gasteiger partial charge in [-0.1, -0.05) is 0 Å². The first-order chi connectivity index (χ1) is 15.9. The molecule has 9 nitrogen and oxygen atoms in total. The lowest BCUT2D eigenvalue weighted by Crippen LogP contribution is -2.34. The number of nitrogens with zero attached hydrogens (tertiary/aromatic N) is 6. The fourth-order valence-corrected chi connectivity index (χ4v) is 4.61. The van der Waals surface area contributed by atoms with Crippen molar-refractivity contribution in [1.29, 1.82) is 0 Å². The Hall–Kier alpha value is -3.53. The van der Waals surface area contributed by atoms with Gasteiger partial charge in [-0.15, -0.1) is 0 Å². The Bertz CT molecular complexity index is 1390. The zero-order chi connectivity index (χ0) is 22.7. The summed E-state index contributed by atoms with van der Waals surface area (Å²) >= 11 is 0. The van der Waals surface area contributed by atoms with E-state index >= 15 is 0 Å². The molecule has 2 N–H and O–H groups in total. The van der Waals surface area contributed by atoms with Gasteiger partial charge in [0.25, 0.3) is 5.91 Å². The topological polar surface area (TPSA) is 91.9 Å². The van der Waals surface area contributed by atoms with Crippen LogP contribution in [0.1, 0.15) is 41.3 Å². The minimum absolute atomic E-state index is 0.226. The van der Waals surface area contributed by atoms with Gasteiger partial charge in [-0.3, -0.25) is 4.79 Å². The number of carbonyl (C=O) groups is 1. The van der Waals surface area contributed by atoms with E-state index in [2.05, 4.69) is 30.6 Å². The molecule has 6 rings (SSSR count). The van der Waals surface area contributed by atoms with E-state index in [9.17, 15) is 9.18 Å². The number of aromatic nitrogens is 5. The Balaban J connectivity index is 1.29. The van der Waals surface area contributed by atoms with Gasteiger partial charge in [0.1, 0.15) is 11.5 Å². The molecule has 1 aliphatic heterocycles. The van der Waals surface area contributed by atoms with Crippen molar-refractivity contribution in [2.75, 3.05) is 23.3 Å². The van der Waals surface area contributed by atoms with E-state index in [1.807, 2.05) is 13.0 Å². The fraction of sp³-hybridized carbons (Fsp3) is 0.391. The molecule has 1 saturated carbocycles. The zero-order valence-electron chi connectivity index (χ0n) is 18.5. The van der Waals surface area contributed by atoms with Crippen molar-refractivity contribution < 1.29 is 9.18 Å². The predicted molar refractivity (Wildman–Crippen MR) is 122 cm³/mol. The molecule has 170 valence electrons. The molecule has 1 amide bonds. The van der Waals surface area contributed by atoms with Crippen molar-refractivity contribution in [3.05, 3.63) is 53.6 Å². The Morgan fingerprint density at radius 2 is 1.94 bits per heavy atom. The molecule has 4 aromatic heterocycles. The van der Waals surface area contributed by atoms with Crippen LogP contribution in [-0.4, -0.2) is 55.1 Å². The first-order valence-corrected chi connectivity index (χ1v) is 11.3. The number of nitrogens with one attached hydrogen (secondary N) is 2. The molecular formula is C23H25FN8O. The predicted octanol–water partition coefficient (Wildman–Crippen LogP) is 2.72. The quantitative estimate of drug-likeness (QED) is 0.488. The molecule has 2 fully saturated rings. The number of fused-ring (bicyclic) bond motifs is 2. The smallest absolute Gasteiger partial charge is 0.274 e. The van der Waals surface area contributed by atoms with Crippen molar-refractivity contribution in [2.45, 2.75) is 45.2 Å². The Morgan fingerprint density at radius 1 is 1.09 bits per heavy atom. The standard InChI is InChI=1S/C23H25FN8O/c1-13-10-31-12-17(9-18(24)21(31)25-13)28-23(33)20-6-5-19(22-26-14(2)29-32(20)22)30-8-7-16(11-30)27-15-3-4-15/h5-6,9-10,12,15-16,27H,3-4,7-8,11H2,1-2H3,(H,28,33). The van der Waals surface area contributed by atoms with Crippen LogP contribution in [0.5, 0.6) is 0 Å². The summed E-state index contributed by atoms with van der Waals surface area (Å²) in [4.78, 5) is 24.2. The zero-order valence-corrected chi connectivity index (χ0v) is 18.5. The minimum Gasteiger partial charge on any atom is -0.367 e. The third kappa shape index (κ3) is 3.70. The van der Waals surface area contributed by atoms with Gasteiger partial charge < -0.3 is 19.9 Å². The number of imidazole rings is 1. The highest BCUT2D eigenvalue weighted by Gasteiger charge is 2.30. The van der Waals surface area contributed by atoms with E-state index in [4.69, 9.17) is 0 Å². The van der Waals surface area contributed by atoms with E-state index in [0.29, 0.717) is 40.6 Å². The van der Waals surface area contributed by atoms with Gasteiger partial charge in [0, 0.05) is 43.6 Å². The van der Waals surface area contributed by atoms with Crippen LogP contribution in [0.3, 0.4) is 0 Å². The van der Waals surface area contributed by atoms with Gasteiger partial charge in [0.15, 0.2) is 17.1 Å². The second kappa shape index (κ2) is 7.51. The van der Waals surface area contributed by atoms with Crippen LogP contribution in [0.25, 0.3) is 11.3 Å². The number of carbonyl (C=O) groups excluding carboxylic acids is 1. The van der Waals surface area contributed by atoms with Crippen LogP contribution >= 0.6 is 0 Å². The average Bonchev–Trinajstić information content (AvgIpc) is 3.13.